The van der Waals surface area contributed by atoms with Gasteiger partial charge in [-0.2, -0.15) is 0 Å². The smallest absolute Gasteiger partial charge is 0.314 e. The third-order valence-corrected chi connectivity index (χ3v) is 5.87. The van der Waals surface area contributed by atoms with Crippen LogP contribution in [0.3, 0.4) is 0 Å². The first-order chi connectivity index (χ1) is 10.9. The summed E-state index contributed by atoms with van der Waals surface area (Å²) in [6, 6.07) is 0. The van der Waals surface area contributed by atoms with Crippen molar-refractivity contribution < 1.29 is 19.1 Å². The van der Waals surface area contributed by atoms with Gasteiger partial charge in [-0.25, -0.2) is 0 Å². The minimum atomic E-state index is -0.368. The lowest BCUT2D eigenvalue weighted by Crippen LogP contribution is -2.32. The maximum absolute atomic E-state index is 13.0. The summed E-state index contributed by atoms with van der Waals surface area (Å²) in [5.74, 6) is -0.660. The number of allylic oxidation sites excluding steroid dienone is 2. The number of ketones is 2. The van der Waals surface area contributed by atoms with Gasteiger partial charge in [0.1, 0.15) is 11.9 Å². The fourth-order valence-corrected chi connectivity index (χ4v) is 4.75. The molecule has 4 nitrogen and oxygen atoms in total. The number of hydrogen-bond donors (Lipinski definition) is 0. The molecule has 0 saturated carbocycles. The standard InChI is InChI=1S/C19H20O4/c1-8(2)10-5-11(20)7-13-12(6-10)16-17-14(23-19(16)22)4-9(3)15(17)18(13)21/h10,14,16-17H,1,4-7H2,2-3H3/t10?,14-,16+,17-/m1/s1. The SMILES string of the molecule is C=C(C)C1CC(=O)CC2=C(C1)[C@@H]1C(=O)O[C@@H]3CC(C)=C(C2=O)[C@H]13. The average molecular weight is 312 g/mol. The predicted molar refractivity (Wildman–Crippen MR) is 83.4 cm³/mol. The molecule has 0 amide bonds. The maximum atomic E-state index is 13.0. The van der Waals surface area contributed by atoms with E-state index in [2.05, 4.69) is 6.58 Å². The molecule has 0 aromatic carbocycles. The van der Waals surface area contributed by atoms with Crippen LogP contribution in [-0.4, -0.2) is 23.6 Å². The molecule has 0 aromatic heterocycles. The highest BCUT2D eigenvalue weighted by Crippen LogP contribution is 2.54. The second-order valence-corrected chi connectivity index (χ2v) is 7.38. The molecule has 23 heavy (non-hydrogen) atoms. The summed E-state index contributed by atoms with van der Waals surface area (Å²) >= 11 is 0. The monoisotopic (exact) mass is 312 g/mol. The van der Waals surface area contributed by atoms with Crippen molar-refractivity contribution >= 4 is 17.5 Å². The zero-order valence-electron chi connectivity index (χ0n) is 13.5. The molecular weight excluding hydrogens is 292 g/mol. The van der Waals surface area contributed by atoms with Gasteiger partial charge < -0.3 is 4.74 Å². The highest BCUT2D eigenvalue weighted by Gasteiger charge is 2.57. The van der Waals surface area contributed by atoms with Gasteiger partial charge in [0.25, 0.3) is 0 Å². The molecule has 3 aliphatic carbocycles. The van der Waals surface area contributed by atoms with Gasteiger partial charge in [-0.15, -0.1) is 0 Å². The summed E-state index contributed by atoms with van der Waals surface area (Å²) < 4.78 is 5.56. The van der Waals surface area contributed by atoms with E-state index in [4.69, 9.17) is 4.74 Å². The van der Waals surface area contributed by atoms with Gasteiger partial charge in [-0.05, 0) is 31.8 Å². The largest absolute Gasteiger partial charge is 0.461 e. The third-order valence-electron chi connectivity index (χ3n) is 5.87. The summed E-state index contributed by atoms with van der Waals surface area (Å²) in [6.07, 6.45) is 1.59. The second kappa shape index (κ2) is 4.76. The molecule has 0 bridgehead atoms. The van der Waals surface area contributed by atoms with E-state index in [0.29, 0.717) is 24.8 Å². The van der Waals surface area contributed by atoms with Gasteiger partial charge in [0.05, 0.1) is 5.92 Å². The van der Waals surface area contributed by atoms with Crippen LogP contribution in [0.15, 0.2) is 34.4 Å². The van der Waals surface area contributed by atoms with E-state index in [-0.39, 0.29) is 47.8 Å². The Balaban J connectivity index is 1.88. The van der Waals surface area contributed by atoms with Gasteiger partial charge in [-0.3, -0.25) is 14.4 Å². The Hall–Kier alpha value is -1.97. The summed E-state index contributed by atoms with van der Waals surface area (Å²) in [6.45, 7) is 7.84. The van der Waals surface area contributed by atoms with E-state index < -0.39 is 0 Å². The first kappa shape index (κ1) is 14.6. The molecule has 0 radical (unpaired) electrons. The molecule has 120 valence electrons. The highest BCUT2D eigenvalue weighted by molar-refractivity contribution is 6.15. The first-order valence-corrected chi connectivity index (χ1v) is 8.22. The minimum absolute atomic E-state index is 0.0164. The van der Waals surface area contributed by atoms with Crippen molar-refractivity contribution in [3.63, 3.8) is 0 Å². The number of fused-ring (bicyclic) bond motifs is 1. The molecule has 1 fully saturated rings. The fourth-order valence-electron chi connectivity index (χ4n) is 4.75. The van der Waals surface area contributed by atoms with Gasteiger partial charge in [0.2, 0.25) is 0 Å². The van der Waals surface area contributed by atoms with Crippen molar-refractivity contribution in [1.82, 2.24) is 0 Å². The van der Waals surface area contributed by atoms with Gasteiger partial charge in [0, 0.05) is 36.3 Å². The lowest BCUT2D eigenvalue weighted by atomic mass is 9.70. The predicted octanol–water partition coefficient (Wildman–Crippen LogP) is 2.69. The van der Waals surface area contributed by atoms with Crippen LogP contribution < -0.4 is 0 Å². The van der Waals surface area contributed by atoms with Crippen LogP contribution >= 0.6 is 0 Å². The number of esters is 1. The van der Waals surface area contributed by atoms with Crippen molar-refractivity contribution in [1.29, 1.82) is 0 Å². The number of rotatable bonds is 1. The van der Waals surface area contributed by atoms with E-state index in [1.165, 1.54) is 0 Å². The lowest BCUT2D eigenvalue weighted by Gasteiger charge is -2.29. The molecule has 1 saturated heterocycles. The Bertz CT molecular complexity index is 736. The van der Waals surface area contributed by atoms with Crippen LogP contribution in [0, 0.1) is 17.8 Å². The zero-order valence-corrected chi connectivity index (χ0v) is 13.5. The second-order valence-electron chi connectivity index (χ2n) is 7.38. The van der Waals surface area contributed by atoms with E-state index >= 15 is 0 Å². The topological polar surface area (TPSA) is 60.4 Å². The summed E-state index contributed by atoms with van der Waals surface area (Å²) in [7, 11) is 0. The number of hydrogen-bond acceptors (Lipinski definition) is 4. The third kappa shape index (κ3) is 1.93. The Labute approximate surface area is 135 Å². The number of carbonyl (C=O) groups excluding carboxylic acids is 3. The van der Waals surface area contributed by atoms with Crippen molar-refractivity contribution in [2.24, 2.45) is 17.8 Å². The summed E-state index contributed by atoms with van der Waals surface area (Å²) in [4.78, 5) is 37.7. The Morgan fingerprint density at radius 3 is 2.61 bits per heavy atom. The molecule has 4 atom stereocenters. The van der Waals surface area contributed by atoms with Gasteiger partial charge >= 0.3 is 5.97 Å². The highest BCUT2D eigenvalue weighted by atomic mass is 16.6. The van der Waals surface area contributed by atoms with Crippen molar-refractivity contribution in [3.05, 3.63) is 34.4 Å². The zero-order chi connectivity index (χ0) is 16.5. The molecule has 1 unspecified atom stereocenters. The number of ether oxygens (including phenoxy) is 1. The molecule has 1 heterocycles. The van der Waals surface area contributed by atoms with Crippen molar-refractivity contribution in [2.75, 3.05) is 0 Å². The molecule has 1 aliphatic heterocycles. The van der Waals surface area contributed by atoms with Crippen LogP contribution in [-0.2, 0) is 19.1 Å². The van der Waals surface area contributed by atoms with Crippen LogP contribution in [0.4, 0.5) is 0 Å². The number of carbonyl (C=O) groups is 3. The van der Waals surface area contributed by atoms with E-state index in [1.807, 2.05) is 13.8 Å². The van der Waals surface area contributed by atoms with Crippen LogP contribution in [0.5, 0.6) is 0 Å². The molecule has 4 heteroatoms. The molecular formula is C19H20O4. The minimum Gasteiger partial charge on any atom is -0.461 e. The van der Waals surface area contributed by atoms with Crippen LogP contribution in [0.1, 0.15) is 39.5 Å². The van der Waals surface area contributed by atoms with Crippen molar-refractivity contribution in [3.8, 4) is 0 Å². The van der Waals surface area contributed by atoms with Gasteiger partial charge in [0.15, 0.2) is 5.78 Å². The lowest BCUT2D eigenvalue weighted by molar-refractivity contribution is -0.143. The quantitative estimate of drug-likeness (QED) is 0.552. The van der Waals surface area contributed by atoms with E-state index in [1.54, 1.807) is 0 Å². The van der Waals surface area contributed by atoms with E-state index in [0.717, 1.165) is 22.3 Å². The number of Topliss-reactive ketones (excluding diaryl/α,β-unsaturated/α-hetero) is 2. The average Bonchev–Trinajstić information content (AvgIpc) is 2.86. The normalized spacial score (nSPS) is 36.0. The molecule has 0 spiro atoms. The van der Waals surface area contributed by atoms with E-state index in [9.17, 15) is 14.4 Å². The molecule has 0 N–H and O–H groups in total. The van der Waals surface area contributed by atoms with Crippen LogP contribution in [0.25, 0.3) is 0 Å². The molecule has 4 rings (SSSR count). The Kier molecular flexibility index (Phi) is 3.03. The molecule has 4 aliphatic rings. The first-order valence-electron chi connectivity index (χ1n) is 8.22. The Morgan fingerprint density at radius 2 is 1.91 bits per heavy atom. The van der Waals surface area contributed by atoms with Gasteiger partial charge in [-0.1, -0.05) is 17.7 Å². The summed E-state index contributed by atoms with van der Waals surface area (Å²) in [5.41, 5.74) is 4.11. The molecule has 0 aromatic rings. The maximum Gasteiger partial charge on any atom is 0.314 e. The summed E-state index contributed by atoms with van der Waals surface area (Å²) in [5, 5.41) is 0. The Morgan fingerprint density at radius 1 is 1.17 bits per heavy atom. The van der Waals surface area contributed by atoms with Crippen LogP contribution in [0.2, 0.25) is 0 Å². The van der Waals surface area contributed by atoms with Crippen molar-refractivity contribution in [2.45, 2.75) is 45.6 Å². The fraction of sp³-hybridized carbons (Fsp3) is 0.526.